The predicted molar refractivity (Wildman–Crippen MR) is 148 cm³/mol. The zero-order valence-corrected chi connectivity index (χ0v) is 21.2. The number of hydrogen-bond donors (Lipinski definition) is 2. The number of hydrogen-bond acceptors (Lipinski definition) is 6. The van der Waals surface area contributed by atoms with Gasteiger partial charge >= 0.3 is 0 Å². The minimum atomic E-state index is 0.00436. The zero-order valence-electron chi connectivity index (χ0n) is 21.2. The number of carbonyl (C=O) groups excluding carboxylic acids is 1. The monoisotopic (exact) mass is 498 g/mol. The van der Waals surface area contributed by atoms with Crippen molar-refractivity contribution in [2.45, 2.75) is 12.8 Å². The molecule has 1 amide bonds. The van der Waals surface area contributed by atoms with Crippen LogP contribution in [0.3, 0.4) is 0 Å². The van der Waals surface area contributed by atoms with E-state index in [1.165, 1.54) is 5.56 Å². The van der Waals surface area contributed by atoms with E-state index in [1.54, 1.807) is 0 Å². The van der Waals surface area contributed by atoms with E-state index in [-0.39, 0.29) is 18.4 Å². The molecule has 1 fully saturated rings. The summed E-state index contributed by atoms with van der Waals surface area (Å²) in [5, 5.41) is 0. The van der Waals surface area contributed by atoms with E-state index in [0.29, 0.717) is 6.54 Å². The summed E-state index contributed by atoms with van der Waals surface area (Å²) in [5.74, 6) is 0.915. The van der Waals surface area contributed by atoms with Crippen molar-refractivity contribution >= 4 is 17.3 Å². The fourth-order valence-electron chi connectivity index (χ4n) is 4.65. The molecule has 3 aromatic carbocycles. The molecule has 2 heterocycles. The van der Waals surface area contributed by atoms with Gasteiger partial charge in [0.15, 0.2) is 6.61 Å². The molecule has 0 radical (unpaired) electrons. The fourth-order valence-corrected chi connectivity index (χ4v) is 4.65. The maximum Gasteiger partial charge on any atom is 0.265 e. The van der Waals surface area contributed by atoms with Gasteiger partial charge in [0.2, 0.25) is 0 Å². The van der Waals surface area contributed by atoms with Crippen molar-refractivity contribution in [3.05, 3.63) is 90.6 Å². The van der Waals surface area contributed by atoms with Crippen molar-refractivity contribution in [3.63, 3.8) is 0 Å². The van der Waals surface area contributed by atoms with Gasteiger partial charge in [-0.25, -0.2) is 0 Å². The lowest BCUT2D eigenvalue weighted by atomic mass is 9.99. The van der Waals surface area contributed by atoms with Gasteiger partial charge in [-0.3, -0.25) is 9.69 Å². The lowest BCUT2D eigenvalue weighted by molar-refractivity contribution is -0.121. The number of carbonyl (C=O) groups is 1. The first kappa shape index (κ1) is 24.9. The third kappa shape index (κ3) is 6.31. The van der Waals surface area contributed by atoms with Gasteiger partial charge in [-0.2, -0.15) is 0 Å². The molecule has 2 aliphatic heterocycles. The molecular formula is C30H34N4O3. The van der Waals surface area contributed by atoms with Crippen LogP contribution in [0.25, 0.3) is 11.1 Å². The van der Waals surface area contributed by atoms with Crippen LogP contribution in [0.5, 0.6) is 5.75 Å². The zero-order chi connectivity index (χ0) is 25.5. The highest BCUT2D eigenvalue weighted by atomic mass is 16.5. The minimum Gasteiger partial charge on any atom is -0.482 e. The van der Waals surface area contributed by atoms with Gasteiger partial charge in [-0.1, -0.05) is 61.5 Å². The van der Waals surface area contributed by atoms with Crippen LogP contribution in [0.4, 0.5) is 11.4 Å². The maximum absolute atomic E-state index is 12.7. The molecule has 0 saturated carbocycles. The van der Waals surface area contributed by atoms with Gasteiger partial charge in [0.05, 0.1) is 24.6 Å². The normalized spacial score (nSPS) is 16.8. The Kier molecular flexibility index (Phi) is 8.03. The average Bonchev–Trinajstić information content (AvgIpc) is 2.95. The topological polar surface area (TPSA) is 66.1 Å². The molecule has 7 nitrogen and oxygen atoms in total. The van der Waals surface area contributed by atoms with Crippen LogP contribution in [-0.2, 0) is 9.53 Å². The van der Waals surface area contributed by atoms with E-state index in [2.05, 4.69) is 65.1 Å². The van der Waals surface area contributed by atoms with Gasteiger partial charge in [0, 0.05) is 38.3 Å². The molecule has 0 spiro atoms. The van der Waals surface area contributed by atoms with Gasteiger partial charge in [-0.05, 0) is 41.0 Å². The third-order valence-electron chi connectivity index (χ3n) is 6.85. The van der Waals surface area contributed by atoms with Gasteiger partial charge in [0.25, 0.3) is 5.91 Å². The second kappa shape index (κ2) is 12.0. The van der Waals surface area contributed by atoms with Gasteiger partial charge in [-0.15, -0.1) is 0 Å². The van der Waals surface area contributed by atoms with Crippen molar-refractivity contribution in [1.82, 2.24) is 10.3 Å². The first-order valence-corrected chi connectivity index (χ1v) is 12.9. The Morgan fingerprint density at radius 3 is 2.59 bits per heavy atom. The maximum atomic E-state index is 12.7. The number of nitrogens with zero attached hydrogens (tertiary/aromatic N) is 2. The standard InChI is InChI=1S/C30H34N4O3/c1-23(12-13-31-32-27-9-5-8-26(20-27)24-6-3-2-4-7-24)25-10-11-29-28(21-25)34(30(35)22-37-29)15-14-33-16-18-36-19-17-33/h2-13,20-21,23,31-32H,14-19,22H2,1H3/b13-12-. The molecule has 5 rings (SSSR count). The Bertz CT molecular complexity index is 1220. The summed E-state index contributed by atoms with van der Waals surface area (Å²) in [4.78, 5) is 16.9. The van der Waals surface area contributed by atoms with E-state index in [1.807, 2.05) is 47.5 Å². The number of amides is 1. The van der Waals surface area contributed by atoms with Crippen LogP contribution in [0, 0.1) is 0 Å². The number of benzene rings is 3. The molecule has 0 aromatic heterocycles. The highest BCUT2D eigenvalue weighted by Gasteiger charge is 2.26. The summed E-state index contributed by atoms with van der Waals surface area (Å²) in [6.45, 7) is 7.03. The summed E-state index contributed by atoms with van der Waals surface area (Å²) >= 11 is 0. The quantitative estimate of drug-likeness (QED) is 0.419. The number of allylic oxidation sites excluding steroid dienone is 1. The Balaban J connectivity index is 1.20. The van der Waals surface area contributed by atoms with E-state index in [4.69, 9.17) is 9.47 Å². The molecule has 1 saturated heterocycles. The summed E-state index contributed by atoms with van der Waals surface area (Å²) in [6, 6.07) is 24.7. The SMILES string of the molecule is CC(/C=C\NNc1cccc(-c2ccccc2)c1)c1ccc2c(c1)N(CCN1CCOCC1)C(=O)CO2. The summed E-state index contributed by atoms with van der Waals surface area (Å²) in [5.41, 5.74) is 11.7. The largest absolute Gasteiger partial charge is 0.482 e. The Morgan fingerprint density at radius 1 is 0.946 bits per heavy atom. The Morgan fingerprint density at radius 2 is 1.76 bits per heavy atom. The number of anilines is 2. The number of fused-ring (bicyclic) bond motifs is 1. The van der Waals surface area contributed by atoms with E-state index >= 15 is 0 Å². The van der Waals surface area contributed by atoms with Crippen molar-refractivity contribution < 1.29 is 14.3 Å². The molecular weight excluding hydrogens is 464 g/mol. The van der Waals surface area contributed by atoms with Crippen molar-refractivity contribution in [2.24, 2.45) is 0 Å². The fraction of sp³-hybridized carbons (Fsp3) is 0.300. The molecule has 0 bridgehead atoms. The van der Waals surface area contributed by atoms with Gasteiger partial charge in [0.1, 0.15) is 5.75 Å². The molecule has 192 valence electrons. The highest BCUT2D eigenvalue weighted by molar-refractivity contribution is 5.98. The van der Waals surface area contributed by atoms with Crippen LogP contribution in [-0.4, -0.2) is 56.8 Å². The van der Waals surface area contributed by atoms with Gasteiger partial charge < -0.3 is 25.2 Å². The summed E-state index contributed by atoms with van der Waals surface area (Å²) in [7, 11) is 0. The minimum absolute atomic E-state index is 0.00436. The Labute approximate surface area is 218 Å². The second-order valence-corrected chi connectivity index (χ2v) is 9.38. The molecule has 1 unspecified atom stereocenters. The third-order valence-corrected chi connectivity index (χ3v) is 6.85. The van der Waals surface area contributed by atoms with E-state index in [9.17, 15) is 4.79 Å². The first-order chi connectivity index (χ1) is 18.2. The van der Waals surface area contributed by atoms with E-state index in [0.717, 1.165) is 61.1 Å². The van der Waals surface area contributed by atoms with Crippen LogP contribution in [0.1, 0.15) is 18.4 Å². The van der Waals surface area contributed by atoms with Crippen LogP contribution in [0.2, 0.25) is 0 Å². The lowest BCUT2D eigenvalue weighted by Crippen LogP contribution is -2.46. The second-order valence-electron chi connectivity index (χ2n) is 9.38. The lowest BCUT2D eigenvalue weighted by Gasteiger charge is -2.33. The highest BCUT2D eigenvalue weighted by Crippen LogP contribution is 2.35. The molecule has 1 atom stereocenters. The first-order valence-electron chi connectivity index (χ1n) is 12.9. The molecule has 7 heteroatoms. The molecule has 37 heavy (non-hydrogen) atoms. The molecule has 2 N–H and O–H groups in total. The number of ether oxygens (including phenoxy) is 2. The number of nitrogens with one attached hydrogen (secondary N) is 2. The number of hydrazine groups is 1. The molecule has 2 aliphatic rings. The van der Waals surface area contributed by atoms with Crippen molar-refractivity contribution in [1.29, 1.82) is 0 Å². The number of morpholine rings is 1. The van der Waals surface area contributed by atoms with Crippen LogP contribution in [0.15, 0.2) is 85.1 Å². The predicted octanol–water partition coefficient (Wildman–Crippen LogP) is 4.65. The molecule has 0 aliphatic carbocycles. The van der Waals surface area contributed by atoms with Crippen molar-refractivity contribution in [3.8, 4) is 16.9 Å². The Hall–Kier alpha value is -3.81. The van der Waals surface area contributed by atoms with Crippen LogP contribution < -0.4 is 20.5 Å². The van der Waals surface area contributed by atoms with E-state index < -0.39 is 0 Å². The summed E-state index contributed by atoms with van der Waals surface area (Å²) in [6.07, 6.45) is 4.01. The van der Waals surface area contributed by atoms with Crippen LogP contribution >= 0.6 is 0 Å². The average molecular weight is 499 g/mol. The smallest absolute Gasteiger partial charge is 0.265 e. The van der Waals surface area contributed by atoms with Crippen molar-refractivity contribution in [2.75, 3.05) is 56.3 Å². The summed E-state index contributed by atoms with van der Waals surface area (Å²) < 4.78 is 11.2. The molecule has 3 aromatic rings. The number of rotatable bonds is 9.